The Balaban J connectivity index is 0.000000288. The van der Waals surface area contributed by atoms with Crippen LogP contribution in [0, 0.1) is 11.6 Å². The first kappa shape index (κ1) is 13.1. The van der Waals surface area contributed by atoms with Crippen molar-refractivity contribution in [3.63, 3.8) is 0 Å². The SMILES string of the molecule is O=C([O-])C(=O)[O-].[B+2]c1cc(F)ccc1F. The van der Waals surface area contributed by atoms with Crippen LogP contribution in [-0.4, -0.2) is 19.8 Å². The summed E-state index contributed by atoms with van der Waals surface area (Å²) in [5.41, 5.74) is -0.157. The number of carboxylic acid groups (broad SMARTS) is 2. The van der Waals surface area contributed by atoms with Crippen LogP contribution < -0.4 is 15.7 Å². The van der Waals surface area contributed by atoms with Gasteiger partial charge in [-0.2, -0.15) is 0 Å². The average molecular weight is 212 g/mol. The summed E-state index contributed by atoms with van der Waals surface area (Å²) in [6, 6.07) is 2.95. The molecule has 0 aromatic heterocycles. The van der Waals surface area contributed by atoms with Crippen LogP contribution in [0.15, 0.2) is 18.2 Å². The third-order valence-corrected chi connectivity index (χ3v) is 1.12. The molecule has 0 unspecified atom stereocenters. The van der Waals surface area contributed by atoms with Crippen LogP contribution in [0.3, 0.4) is 0 Å². The molecule has 1 aromatic rings. The van der Waals surface area contributed by atoms with Gasteiger partial charge < -0.3 is 19.8 Å². The number of rotatable bonds is 0. The normalized spacial score (nSPS) is 8.80. The fraction of sp³-hybridized carbons (Fsp3) is 0. The third-order valence-electron chi connectivity index (χ3n) is 1.12. The number of aliphatic carboxylic acids is 2. The van der Waals surface area contributed by atoms with Crippen molar-refractivity contribution >= 4 is 25.2 Å². The Hall–Kier alpha value is -1.92. The zero-order valence-corrected chi connectivity index (χ0v) is 7.20. The van der Waals surface area contributed by atoms with Gasteiger partial charge in [0, 0.05) is 0 Å². The number of benzene rings is 1. The summed E-state index contributed by atoms with van der Waals surface area (Å²) in [6.07, 6.45) is 0. The number of carboxylic acids is 2. The molecule has 1 rings (SSSR count). The summed E-state index contributed by atoms with van der Waals surface area (Å²) in [4.78, 5) is 17.9. The summed E-state index contributed by atoms with van der Waals surface area (Å²) < 4.78 is 24.3. The molecule has 0 N–H and O–H groups in total. The van der Waals surface area contributed by atoms with Crippen LogP contribution in [-0.2, 0) is 9.59 Å². The standard InChI is InChI=1S/C6H3BF2.C2H2O4/c7-5-3-4(8)1-2-6(5)9;3-1(4)2(5)6/h1-3H;(H,3,4)(H,5,6)/q+2;/p-2. The first-order valence-electron chi connectivity index (χ1n) is 3.47. The molecule has 0 fully saturated rings. The molecule has 4 nitrogen and oxygen atoms in total. The molecule has 7 heteroatoms. The van der Waals surface area contributed by atoms with E-state index in [-0.39, 0.29) is 5.46 Å². The molecule has 0 aliphatic heterocycles. The van der Waals surface area contributed by atoms with Gasteiger partial charge in [0.15, 0.2) is 0 Å². The molecule has 0 heterocycles. The fourth-order valence-electron chi connectivity index (χ4n) is 0.515. The van der Waals surface area contributed by atoms with E-state index in [9.17, 15) is 8.78 Å². The Kier molecular flexibility index (Phi) is 5.01. The molecule has 0 radical (unpaired) electrons. The van der Waals surface area contributed by atoms with Crippen molar-refractivity contribution in [2.24, 2.45) is 0 Å². The van der Waals surface area contributed by atoms with Crippen molar-refractivity contribution in [3.05, 3.63) is 29.8 Å². The molecule has 76 valence electrons. The van der Waals surface area contributed by atoms with Gasteiger partial charge in [0.25, 0.3) is 0 Å². The molecular formula is C8H3BF2O4. The molecule has 15 heavy (non-hydrogen) atoms. The Morgan fingerprint density at radius 3 is 1.87 bits per heavy atom. The second kappa shape index (κ2) is 5.74. The van der Waals surface area contributed by atoms with Gasteiger partial charge in [-0.1, -0.05) is 0 Å². The van der Waals surface area contributed by atoms with Crippen molar-refractivity contribution < 1.29 is 28.6 Å². The molecule has 0 saturated carbocycles. The quantitative estimate of drug-likeness (QED) is 0.344. The molecule has 0 spiro atoms. The van der Waals surface area contributed by atoms with Gasteiger partial charge in [-0.05, 0) is 0 Å². The second-order valence-corrected chi connectivity index (χ2v) is 2.24. The molecule has 0 atom stereocenters. The van der Waals surface area contributed by atoms with Gasteiger partial charge in [0.05, 0.1) is 11.9 Å². The van der Waals surface area contributed by atoms with Gasteiger partial charge in [0.1, 0.15) is 0 Å². The summed E-state index contributed by atoms with van der Waals surface area (Å²) in [7, 11) is 5.01. The summed E-state index contributed by atoms with van der Waals surface area (Å²) in [5.74, 6) is -5.48. The molecule has 0 aliphatic carbocycles. The summed E-state index contributed by atoms with van der Waals surface area (Å²) in [5, 5.41) is 17.9. The van der Waals surface area contributed by atoms with Crippen LogP contribution in [0.25, 0.3) is 0 Å². The number of carbonyl (C=O) groups excluding carboxylic acids is 2. The predicted octanol–water partition coefficient (Wildman–Crippen LogP) is -2.76. The molecule has 0 aliphatic rings. The van der Waals surface area contributed by atoms with E-state index in [2.05, 4.69) is 0 Å². The van der Waals surface area contributed by atoms with Crippen molar-refractivity contribution in [1.82, 2.24) is 0 Å². The maximum atomic E-state index is 12.2. The molecular weight excluding hydrogens is 209 g/mol. The Morgan fingerprint density at radius 2 is 1.60 bits per heavy atom. The maximum absolute atomic E-state index is 12.2. The van der Waals surface area contributed by atoms with E-state index in [4.69, 9.17) is 27.6 Å². The number of halogens is 2. The minimum atomic E-state index is -2.19. The van der Waals surface area contributed by atoms with Gasteiger partial charge in [-0.25, -0.2) is 0 Å². The van der Waals surface area contributed by atoms with Crippen LogP contribution in [0.4, 0.5) is 8.78 Å². The van der Waals surface area contributed by atoms with Gasteiger partial charge in [-0.3, -0.25) is 0 Å². The van der Waals surface area contributed by atoms with Gasteiger partial charge >= 0.3 is 51.9 Å². The number of carbonyl (C=O) groups is 2. The second-order valence-electron chi connectivity index (χ2n) is 2.24. The van der Waals surface area contributed by atoms with E-state index in [1.165, 1.54) is 0 Å². The van der Waals surface area contributed by atoms with Gasteiger partial charge in [-0.15, -0.1) is 0 Å². The minimum absolute atomic E-state index is 0.157. The van der Waals surface area contributed by atoms with Crippen LogP contribution in [0.1, 0.15) is 0 Å². The molecule has 0 saturated heterocycles. The van der Waals surface area contributed by atoms with Crippen LogP contribution in [0.5, 0.6) is 0 Å². The van der Waals surface area contributed by atoms with E-state index in [1.807, 2.05) is 0 Å². The van der Waals surface area contributed by atoms with Crippen molar-refractivity contribution in [1.29, 1.82) is 0 Å². The van der Waals surface area contributed by atoms with E-state index >= 15 is 0 Å². The van der Waals surface area contributed by atoms with E-state index in [1.54, 1.807) is 0 Å². The van der Waals surface area contributed by atoms with E-state index < -0.39 is 23.6 Å². The molecule has 0 bridgehead atoms. The van der Waals surface area contributed by atoms with E-state index in [0.717, 1.165) is 18.2 Å². The predicted molar refractivity (Wildman–Crippen MR) is 41.8 cm³/mol. The topological polar surface area (TPSA) is 80.3 Å². The number of hydrogen-bond acceptors (Lipinski definition) is 4. The molecule has 1 aromatic carbocycles. The zero-order chi connectivity index (χ0) is 12.0. The first-order valence-corrected chi connectivity index (χ1v) is 3.47. The zero-order valence-electron chi connectivity index (χ0n) is 7.20. The van der Waals surface area contributed by atoms with E-state index in [0.29, 0.717) is 0 Å². The summed E-state index contributed by atoms with van der Waals surface area (Å²) >= 11 is 0. The third kappa shape index (κ3) is 5.40. The Morgan fingerprint density at radius 1 is 1.13 bits per heavy atom. The summed E-state index contributed by atoms with van der Waals surface area (Å²) in [6.45, 7) is 0. The van der Waals surface area contributed by atoms with Crippen molar-refractivity contribution in [2.75, 3.05) is 0 Å². The fourth-order valence-corrected chi connectivity index (χ4v) is 0.515. The Bertz CT molecular complexity index is 369. The first-order chi connectivity index (χ1) is 6.84. The van der Waals surface area contributed by atoms with Gasteiger partial charge in [0.2, 0.25) is 0 Å². The van der Waals surface area contributed by atoms with Crippen LogP contribution in [0.2, 0.25) is 0 Å². The Labute approximate surface area is 84.6 Å². The monoisotopic (exact) mass is 212 g/mol. The van der Waals surface area contributed by atoms with Crippen LogP contribution >= 0.6 is 0 Å². The average Bonchev–Trinajstić information content (AvgIpc) is 2.13. The van der Waals surface area contributed by atoms with Crippen molar-refractivity contribution in [3.8, 4) is 0 Å². The number of hydrogen-bond donors (Lipinski definition) is 0. The molecule has 0 amide bonds. The van der Waals surface area contributed by atoms with Crippen molar-refractivity contribution in [2.45, 2.75) is 0 Å².